The number of nitrogens with two attached hydrogens (primary N) is 1. The van der Waals surface area contributed by atoms with Crippen LogP contribution in [-0.4, -0.2) is 55.0 Å². The molecule has 1 aliphatic heterocycles. The van der Waals surface area contributed by atoms with Crippen LogP contribution in [0, 0.1) is 0 Å². The first kappa shape index (κ1) is 17.2. The van der Waals surface area contributed by atoms with Gasteiger partial charge in [-0.1, -0.05) is 18.2 Å². The first-order chi connectivity index (χ1) is 10.6. The van der Waals surface area contributed by atoms with Crippen molar-refractivity contribution in [2.45, 2.75) is 31.3 Å². The number of carbonyl (C=O) groups excluding carboxylic acids is 1. The molecule has 0 unspecified atom stereocenters. The van der Waals surface area contributed by atoms with E-state index < -0.39 is 0 Å². The number of anilines is 1. The molecule has 5 heteroatoms. The summed E-state index contributed by atoms with van der Waals surface area (Å²) in [6.45, 7) is 1.63. The summed E-state index contributed by atoms with van der Waals surface area (Å²) in [6, 6.07) is 10.6. The van der Waals surface area contributed by atoms with Gasteiger partial charge in [0.05, 0.1) is 6.04 Å². The number of amides is 1. The van der Waals surface area contributed by atoms with E-state index in [1.54, 1.807) is 11.8 Å². The Bertz CT molecular complexity index is 460. The van der Waals surface area contributed by atoms with Crippen molar-refractivity contribution >= 4 is 23.4 Å². The Morgan fingerprint density at radius 1 is 1.36 bits per heavy atom. The van der Waals surface area contributed by atoms with E-state index in [1.165, 1.54) is 5.69 Å². The zero-order valence-corrected chi connectivity index (χ0v) is 14.4. The number of likely N-dealkylation sites (tertiary alicyclic amines) is 1. The summed E-state index contributed by atoms with van der Waals surface area (Å²) < 4.78 is 0. The highest BCUT2D eigenvalue weighted by Crippen LogP contribution is 2.22. The second-order valence-electron chi connectivity index (χ2n) is 5.89. The maximum Gasteiger partial charge on any atom is 0.239 e. The molecule has 0 spiro atoms. The number of piperidine rings is 1. The lowest BCUT2D eigenvalue weighted by Gasteiger charge is -2.38. The molecule has 1 aromatic rings. The van der Waals surface area contributed by atoms with Crippen LogP contribution < -0.4 is 10.6 Å². The van der Waals surface area contributed by atoms with Gasteiger partial charge in [0, 0.05) is 31.9 Å². The Morgan fingerprint density at radius 2 is 2.00 bits per heavy atom. The van der Waals surface area contributed by atoms with E-state index in [4.69, 9.17) is 5.73 Å². The zero-order chi connectivity index (χ0) is 15.9. The fraction of sp³-hybridized carbons (Fsp3) is 0.588. The van der Waals surface area contributed by atoms with Crippen molar-refractivity contribution in [2.24, 2.45) is 5.73 Å². The zero-order valence-electron chi connectivity index (χ0n) is 13.6. The minimum absolute atomic E-state index is 0.120. The summed E-state index contributed by atoms with van der Waals surface area (Å²) >= 11 is 1.74. The summed E-state index contributed by atoms with van der Waals surface area (Å²) in [5.41, 5.74) is 7.24. The first-order valence-electron chi connectivity index (χ1n) is 7.94. The standard InChI is InChI=1S/C17H27N3OS/c1-19(14-6-4-3-5-7-14)15-8-11-20(12-9-15)17(21)16(18)10-13-22-2/h3-7,15-16H,8-13,18H2,1-2H3/t16-/m0/s1. The average molecular weight is 321 g/mol. The Balaban J connectivity index is 1.84. The van der Waals surface area contributed by atoms with E-state index in [1.807, 2.05) is 17.2 Å². The lowest BCUT2D eigenvalue weighted by Crippen LogP contribution is -2.50. The van der Waals surface area contributed by atoms with Crippen LogP contribution in [0.5, 0.6) is 0 Å². The van der Waals surface area contributed by atoms with Gasteiger partial charge < -0.3 is 15.5 Å². The van der Waals surface area contributed by atoms with Gasteiger partial charge in [-0.2, -0.15) is 11.8 Å². The van der Waals surface area contributed by atoms with Crippen LogP contribution in [0.4, 0.5) is 5.69 Å². The molecular weight excluding hydrogens is 294 g/mol. The molecule has 0 saturated carbocycles. The molecule has 122 valence electrons. The van der Waals surface area contributed by atoms with E-state index in [-0.39, 0.29) is 11.9 Å². The van der Waals surface area contributed by atoms with Crippen molar-refractivity contribution in [3.63, 3.8) is 0 Å². The van der Waals surface area contributed by atoms with Gasteiger partial charge in [-0.15, -0.1) is 0 Å². The van der Waals surface area contributed by atoms with Gasteiger partial charge >= 0.3 is 0 Å². The summed E-state index contributed by atoms with van der Waals surface area (Å²) in [6.07, 6.45) is 4.82. The molecular formula is C17H27N3OS. The number of rotatable bonds is 6. The van der Waals surface area contributed by atoms with E-state index in [0.717, 1.165) is 38.1 Å². The van der Waals surface area contributed by atoms with Gasteiger partial charge in [0.2, 0.25) is 5.91 Å². The molecule has 0 radical (unpaired) electrons. The van der Waals surface area contributed by atoms with E-state index in [2.05, 4.69) is 36.2 Å². The van der Waals surface area contributed by atoms with Crippen LogP contribution in [0.2, 0.25) is 0 Å². The van der Waals surface area contributed by atoms with Crippen molar-refractivity contribution < 1.29 is 4.79 Å². The SMILES string of the molecule is CSCC[C@H](N)C(=O)N1CCC(N(C)c2ccccc2)CC1. The van der Waals surface area contributed by atoms with Crippen LogP contribution in [0.1, 0.15) is 19.3 Å². The maximum absolute atomic E-state index is 12.3. The molecule has 1 atom stereocenters. The fourth-order valence-electron chi connectivity index (χ4n) is 2.95. The second-order valence-corrected chi connectivity index (χ2v) is 6.88. The molecule has 0 aliphatic carbocycles. The molecule has 1 saturated heterocycles. The molecule has 4 nitrogen and oxygen atoms in total. The van der Waals surface area contributed by atoms with Crippen LogP contribution in [-0.2, 0) is 4.79 Å². The molecule has 1 heterocycles. The molecule has 0 bridgehead atoms. The van der Waals surface area contributed by atoms with Crippen LogP contribution in [0.3, 0.4) is 0 Å². The predicted octanol–water partition coefficient (Wildman–Crippen LogP) is 2.19. The predicted molar refractivity (Wildman–Crippen MR) is 95.4 cm³/mol. The third-order valence-electron chi connectivity index (χ3n) is 4.44. The van der Waals surface area contributed by atoms with Crippen molar-refractivity contribution in [2.75, 3.05) is 37.0 Å². The van der Waals surface area contributed by atoms with Gasteiger partial charge in [-0.05, 0) is 43.4 Å². The summed E-state index contributed by atoms with van der Waals surface area (Å²) in [7, 11) is 2.14. The first-order valence-corrected chi connectivity index (χ1v) is 9.34. The largest absolute Gasteiger partial charge is 0.371 e. The number of hydrogen-bond donors (Lipinski definition) is 1. The van der Waals surface area contributed by atoms with Gasteiger partial charge in [-0.25, -0.2) is 0 Å². The quantitative estimate of drug-likeness (QED) is 0.872. The molecule has 2 N–H and O–H groups in total. The highest BCUT2D eigenvalue weighted by molar-refractivity contribution is 7.98. The minimum atomic E-state index is -0.337. The van der Waals surface area contributed by atoms with Gasteiger partial charge in [0.1, 0.15) is 0 Å². The minimum Gasteiger partial charge on any atom is -0.371 e. The molecule has 0 aromatic heterocycles. The lowest BCUT2D eigenvalue weighted by molar-refractivity contribution is -0.133. The molecule has 22 heavy (non-hydrogen) atoms. The van der Waals surface area contributed by atoms with Crippen molar-refractivity contribution in [3.8, 4) is 0 Å². The molecule has 1 amide bonds. The highest BCUT2D eigenvalue weighted by atomic mass is 32.2. The van der Waals surface area contributed by atoms with E-state index >= 15 is 0 Å². The van der Waals surface area contributed by atoms with E-state index in [9.17, 15) is 4.79 Å². The Hall–Kier alpha value is -1.20. The Labute approximate surface area is 138 Å². The number of carbonyl (C=O) groups is 1. The second kappa shape index (κ2) is 8.44. The number of thioether (sulfide) groups is 1. The smallest absolute Gasteiger partial charge is 0.239 e. The number of benzene rings is 1. The normalized spacial score (nSPS) is 17.3. The third kappa shape index (κ3) is 4.40. The van der Waals surface area contributed by atoms with Gasteiger partial charge in [0.15, 0.2) is 0 Å². The molecule has 2 rings (SSSR count). The van der Waals surface area contributed by atoms with Crippen molar-refractivity contribution in [1.29, 1.82) is 0 Å². The number of hydrogen-bond acceptors (Lipinski definition) is 4. The van der Waals surface area contributed by atoms with Crippen LogP contribution in [0.15, 0.2) is 30.3 Å². The maximum atomic E-state index is 12.3. The average Bonchev–Trinajstić information content (AvgIpc) is 2.59. The summed E-state index contributed by atoms with van der Waals surface area (Å²) in [5, 5.41) is 0. The fourth-order valence-corrected chi connectivity index (χ4v) is 3.44. The van der Waals surface area contributed by atoms with E-state index in [0.29, 0.717) is 6.04 Å². The van der Waals surface area contributed by atoms with Crippen LogP contribution >= 0.6 is 11.8 Å². The molecule has 1 aromatic carbocycles. The molecule has 1 aliphatic rings. The highest BCUT2D eigenvalue weighted by Gasteiger charge is 2.27. The topological polar surface area (TPSA) is 49.6 Å². The number of nitrogens with zero attached hydrogens (tertiary/aromatic N) is 2. The van der Waals surface area contributed by atoms with Gasteiger partial charge in [0.25, 0.3) is 0 Å². The summed E-state index contributed by atoms with van der Waals surface area (Å²) in [4.78, 5) is 16.6. The van der Waals surface area contributed by atoms with Crippen molar-refractivity contribution in [3.05, 3.63) is 30.3 Å². The molecule has 1 fully saturated rings. The van der Waals surface area contributed by atoms with Crippen molar-refractivity contribution in [1.82, 2.24) is 4.90 Å². The van der Waals surface area contributed by atoms with Crippen LogP contribution in [0.25, 0.3) is 0 Å². The Kier molecular flexibility index (Phi) is 6.58. The monoisotopic (exact) mass is 321 g/mol. The van der Waals surface area contributed by atoms with Gasteiger partial charge in [-0.3, -0.25) is 4.79 Å². The summed E-state index contributed by atoms with van der Waals surface area (Å²) in [5.74, 6) is 1.06. The number of para-hydroxylation sites is 1. The Morgan fingerprint density at radius 3 is 2.59 bits per heavy atom. The third-order valence-corrected chi connectivity index (χ3v) is 5.08. The lowest BCUT2D eigenvalue weighted by atomic mass is 10.0.